The lowest BCUT2D eigenvalue weighted by molar-refractivity contribution is 0.501. The minimum Gasteiger partial charge on any atom is -0.325 e. The standard InChI is InChI=1S/C20H26N4/c1-4-6-12-19-20(16-10-8-7-9-11-16)21-15-24(19)17(5-2)18-13-14-22-23(18)3/h7-11,13-15,17H,4-6,12H2,1-3H3/t17-/m1/s1. The maximum absolute atomic E-state index is 4.78. The zero-order chi connectivity index (χ0) is 16.9. The van der Waals surface area contributed by atoms with Crippen molar-refractivity contribution in [1.29, 1.82) is 0 Å². The number of benzene rings is 1. The van der Waals surface area contributed by atoms with Gasteiger partial charge in [0.25, 0.3) is 0 Å². The van der Waals surface area contributed by atoms with Crippen LogP contribution < -0.4 is 0 Å². The van der Waals surface area contributed by atoms with Crippen LogP contribution in [0.1, 0.15) is 50.5 Å². The Labute approximate surface area is 144 Å². The Morgan fingerprint density at radius 2 is 1.88 bits per heavy atom. The first-order valence-corrected chi connectivity index (χ1v) is 8.85. The normalized spacial score (nSPS) is 12.5. The first-order chi connectivity index (χ1) is 11.8. The summed E-state index contributed by atoms with van der Waals surface area (Å²) in [6, 6.07) is 12.9. The van der Waals surface area contributed by atoms with Gasteiger partial charge < -0.3 is 4.57 Å². The van der Waals surface area contributed by atoms with E-state index in [2.05, 4.69) is 59.9 Å². The summed E-state index contributed by atoms with van der Waals surface area (Å²) in [7, 11) is 2.01. The van der Waals surface area contributed by atoms with Gasteiger partial charge in [0.2, 0.25) is 0 Å². The summed E-state index contributed by atoms with van der Waals surface area (Å²) in [5.41, 5.74) is 4.87. The van der Waals surface area contributed by atoms with Crippen LogP contribution >= 0.6 is 0 Å². The monoisotopic (exact) mass is 322 g/mol. The van der Waals surface area contributed by atoms with Crippen LogP contribution in [0, 0.1) is 0 Å². The summed E-state index contributed by atoms with van der Waals surface area (Å²) < 4.78 is 4.33. The number of imidazole rings is 1. The molecule has 4 heteroatoms. The maximum atomic E-state index is 4.78. The predicted molar refractivity (Wildman–Crippen MR) is 97.9 cm³/mol. The summed E-state index contributed by atoms with van der Waals surface area (Å²) in [5.74, 6) is 0. The van der Waals surface area contributed by atoms with Crippen molar-refractivity contribution < 1.29 is 0 Å². The summed E-state index contributed by atoms with van der Waals surface area (Å²) >= 11 is 0. The minimum absolute atomic E-state index is 0.273. The van der Waals surface area contributed by atoms with E-state index in [0.29, 0.717) is 0 Å². The van der Waals surface area contributed by atoms with Crippen molar-refractivity contribution in [2.24, 2.45) is 7.05 Å². The highest BCUT2D eigenvalue weighted by atomic mass is 15.3. The predicted octanol–water partition coefficient (Wildman–Crippen LogP) is 4.63. The molecule has 126 valence electrons. The second-order valence-electron chi connectivity index (χ2n) is 6.22. The second kappa shape index (κ2) is 7.47. The van der Waals surface area contributed by atoms with Crippen LogP contribution in [-0.2, 0) is 13.5 Å². The largest absolute Gasteiger partial charge is 0.325 e. The highest BCUT2D eigenvalue weighted by molar-refractivity contribution is 5.62. The number of aromatic nitrogens is 4. The molecule has 3 aromatic rings. The second-order valence-corrected chi connectivity index (χ2v) is 6.22. The van der Waals surface area contributed by atoms with Crippen LogP contribution in [0.5, 0.6) is 0 Å². The Hall–Kier alpha value is -2.36. The minimum atomic E-state index is 0.273. The summed E-state index contributed by atoms with van der Waals surface area (Å²) in [6.07, 6.45) is 8.31. The molecule has 0 fully saturated rings. The van der Waals surface area contributed by atoms with Crippen LogP contribution in [0.3, 0.4) is 0 Å². The summed E-state index contributed by atoms with van der Waals surface area (Å²) in [5, 5.41) is 4.35. The van der Waals surface area contributed by atoms with Gasteiger partial charge in [0.05, 0.1) is 23.8 Å². The molecule has 0 aliphatic heterocycles. The van der Waals surface area contributed by atoms with Crippen molar-refractivity contribution in [2.75, 3.05) is 0 Å². The van der Waals surface area contributed by atoms with Crippen molar-refractivity contribution in [1.82, 2.24) is 19.3 Å². The van der Waals surface area contributed by atoms with Crippen LogP contribution in [0.2, 0.25) is 0 Å². The number of rotatable bonds is 7. The van der Waals surface area contributed by atoms with E-state index >= 15 is 0 Å². The van der Waals surface area contributed by atoms with Gasteiger partial charge in [-0.25, -0.2) is 4.98 Å². The summed E-state index contributed by atoms with van der Waals surface area (Å²) in [6.45, 7) is 4.46. The molecule has 2 heterocycles. The van der Waals surface area contributed by atoms with Crippen molar-refractivity contribution in [3.8, 4) is 11.3 Å². The molecule has 2 aromatic heterocycles. The molecule has 4 nitrogen and oxygen atoms in total. The lowest BCUT2D eigenvalue weighted by Gasteiger charge is -2.20. The fourth-order valence-corrected chi connectivity index (χ4v) is 3.34. The van der Waals surface area contributed by atoms with Crippen molar-refractivity contribution in [3.05, 3.63) is 60.3 Å². The molecule has 0 N–H and O–H groups in total. The van der Waals surface area contributed by atoms with Gasteiger partial charge >= 0.3 is 0 Å². The molecule has 0 aliphatic rings. The molecule has 0 aliphatic carbocycles. The van der Waals surface area contributed by atoms with Gasteiger partial charge in [-0.1, -0.05) is 50.6 Å². The van der Waals surface area contributed by atoms with Gasteiger partial charge in [-0.15, -0.1) is 0 Å². The molecule has 0 spiro atoms. The molecule has 0 saturated heterocycles. The Kier molecular flexibility index (Phi) is 5.14. The molecule has 0 unspecified atom stereocenters. The SMILES string of the molecule is CCCCc1c(-c2ccccc2)ncn1[C@H](CC)c1ccnn1C. The van der Waals surface area contributed by atoms with E-state index in [1.807, 2.05) is 24.3 Å². The molecule has 24 heavy (non-hydrogen) atoms. The van der Waals surface area contributed by atoms with E-state index in [4.69, 9.17) is 4.98 Å². The molecule has 0 bridgehead atoms. The van der Waals surface area contributed by atoms with E-state index in [0.717, 1.165) is 18.5 Å². The molecular weight excluding hydrogens is 296 g/mol. The van der Waals surface area contributed by atoms with Crippen molar-refractivity contribution >= 4 is 0 Å². The third-order valence-corrected chi connectivity index (χ3v) is 4.63. The Morgan fingerprint density at radius 1 is 1.08 bits per heavy atom. The van der Waals surface area contributed by atoms with Gasteiger partial charge in [0.15, 0.2) is 0 Å². The van der Waals surface area contributed by atoms with E-state index in [9.17, 15) is 0 Å². The molecule has 1 atom stereocenters. The highest BCUT2D eigenvalue weighted by Crippen LogP contribution is 2.30. The van der Waals surface area contributed by atoms with Crippen LogP contribution in [-0.4, -0.2) is 19.3 Å². The first kappa shape index (κ1) is 16.5. The van der Waals surface area contributed by atoms with Crippen molar-refractivity contribution in [3.63, 3.8) is 0 Å². The lowest BCUT2D eigenvalue weighted by Crippen LogP contribution is -2.15. The molecule has 1 aromatic carbocycles. The number of hydrogen-bond acceptors (Lipinski definition) is 2. The van der Waals surface area contributed by atoms with E-state index in [-0.39, 0.29) is 6.04 Å². The van der Waals surface area contributed by atoms with E-state index in [1.165, 1.54) is 29.8 Å². The molecular formula is C20H26N4. The van der Waals surface area contributed by atoms with Crippen LogP contribution in [0.4, 0.5) is 0 Å². The molecule has 0 radical (unpaired) electrons. The average Bonchev–Trinajstić information content (AvgIpc) is 3.22. The number of nitrogens with zero attached hydrogens (tertiary/aromatic N) is 4. The zero-order valence-corrected chi connectivity index (χ0v) is 14.8. The highest BCUT2D eigenvalue weighted by Gasteiger charge is 2.21. The molecule has 0 saturated carbocycles. The van der Waals surface area contributed by atoms with Gasteiger partial charge in [-0.05, 0) is 25.3 Å². The number of unbranched alkanes of at least 4 members (excludes halogenated alkanes) is 1. The van der Waals surface area contributed by atoms with Crippen LogP contribution in [0.25, 0.3) is 11.3 Å². The van der Waals surface area contributed by atoms with E-state index in [1.54, 1.807) is 0 Å². The zero-order valence-electron chi connectivity index (χ0n) is 14.8. The fourth-order valence-electron chi connectivity index (χ4n) is 3.34. The smallest absolute Gasteiger partial charge is 0.0962 e. The lowest BCUT2D eigenvalue weighted by atomic mass is 10.0. The molecule has 0 amide bonds. The van der Waals surface area contributed by atoms with Crippen molar-refractivity contribution in [2.45, 2.75) is 45.6 Å². The number of hydrogen-bond donors (Lipinski definition) is 0. The Morgan fingerprint density at radius 3 is 2.50 bits per heavy atom. The quantitative estimate of drug-likeness (QED) is 0.636. The number of aryl methyl sites for hydroxylation is 1. The topological polar surface area (TPSA) is 35.6 Å². The maximum Gasteiger partial charge on any atom is 0.0962 e. The summed E-state index contributed by atoms with van der Waals surface area (Å²) in [4.78, 5) is 4.78. The Balaban J connectivity index is 2.07. The van der Waals surface area contributed by atoms with Gasteiger partial charge in [0, 0.05) is 24.5 Å². The van der Waals surface area contributed by atoms with Gasteiger partial charge in [-0.2, -0.15) is 5.10 Å². The third-order valence-electron chi connectivity index (χ3n) is 4.63. The van der Waals surface area contributed by atoms with Gasteiger partial charge in [-0.3, -0.25) is 4.68 Å². The van der Waals surface area contributed by atoms with E-state index < -0.39 is 0 Å². The molecule has 3 rings (SSSR count). The first-order valence-electron chi connectivity index (χ1n) is 8.85. The fraction of sp³-hybridized carbons (Fsp3) is 0.400. The third kappa shape index (κ3) is 3.14. The Bertz CT molecular complexity index is 770. The average molecular weight is 322 g/mol. The van der Waals surface area contributed by atoms with Gasteiger partial charge in [0.1, 0.15) is 0 Å². The van der Waals surface area contributed by atoms with Crippen LogP contribution in [0.15, 0.2) is 48.9 Å².